The summed E-state index contributed by atoms with van der Waals surface area (Å²) in [5.74, 6) is -0.700. The first kappa shape index (κ1) is 18.4. The summed E-state index contributed by atoms with van der Waals surface area (Å²) in [7, 11) is 0. The molecule has 0 unspecified atom stereocenters. The number of para-hydroxylation sites is 2. The Kier molecular flexibility index (Phi) is 5.70. The first-order valence-electron chi connectivity index (χ1n) is 7.93. The van der Waals surface area contributed by atoms with Gasteiger partial charge in [0.15, 0.2) is 18.1 Å². The van der Waals surface area contributed by atoms with Gasteiger partial charge in [-0.15, -0.1) is 0 Å². The molecule has 0 aliphatic carbocycles. The lowest BCUT2D eigenvalue weighted by molar-refractivity contribution is -0.119. The number of anilines is 1. The average Bonchev–Trinajstić information content (AvgIpc) is 2.67. The Balaban J connectivity index is 1.57. The number of hydrogen-bond donors (Lipinski definition) is 1. The summed E-state index contributed by atoms with van der Waals surface area (Å²) in [6.07, 6.45) is 0. The van der Waals surface area contributed by atoms with Crippen LogP contribution in [0.1, 0.15) is 10.4 Å². The van der Waals surface area contributed by atoms with E-state index in [0.717, 1.165) is 0 Å². The number of halogens is 2. The maximum Gasteiger partial charge on any atom is 0.387 e. The van der Waals surface area contributed by atoms with E-state index in [1.807, 2.05) is 0 Å². The molecule has 0 radical (unpaired) electrons. The third kappa shape index (κ3) is 4.84. The maximum atomic E-state index is 12.4. The predicted molar refractivity (Wildman–Crippen MR) is 89.4 cm³/mol. The van der Waals surface area contributed by atoms with Crippen molar-refractivity contribution in [3.63, 3.8) is 0 Å². The van der Waals surface area contributed by atoms with E-state index in [1.165, 1.54) is 36.4 Å². The van der Waals surface area contributed by atoms with Gasteiger partial charge in [-0.25, -0.2) is 4.79 Å². The van der Waals surface area contributed by atoms with Gasteiger partial charge < -0.3 is 24.3 Å². The minimum Gasteiger partial charge on any atom is -0.486 e. The van der Waals surface area contributed by atoms with Crippen molar-refractivity contribution in [3.8, 4) is 17.2 Å². The topological polar surface area (TPSA) is 83.1 Å². The van der Waals surface area contributed by atoms with Crippen molar-refractivity contribution in [2.24, 2.45) is 0 Å². The molecule has 1 N–H and O–H groups in total. The molecule has 3 rings (SSSR count). The zero-order valence-corrected chi connectivity index (χ0v) is 13.9. The number of esters is 1. The zero-order valence-electron chi connectivity index (χ0n) is 13.9. The number of benzene rings is 2. The Labute approximate surface area is 152 Å². The molecular weight excluding hydrogens is 364 g/mol. The van der Waals surface area contributed by atoms with E-state index in [0.29, 0.717) is 24.7 Å². The summed E-state index contributed by atoms with van der Waals surface area (Å²) >= 11 is 0. The van der Waals surface area contributed by atoms with Crippen LogP contribution in [0.5, 0.6) is 17.2 Å². The molecule has 1 heterocycles. The molecule has 0 atom stereocenters. The minimum absolute atomic E-state index is 0.0400. The lowest BCUT2D eigenvalue weighted by Crippen LogP contribution is -2.22. The van der Waals surface area contributed by atoms with Crippen LogP contribution in [0, 0.1) is 0 Å². The molecule has 7 nitrogen and oxygen atoms in total. The van der Waals surface area contributed by atoms with Gasteiger partial charge in [0.25, 0.3) is 5.91 Å². The normalized spacial score (nSPS) is 12.4. The highest BCUT2D eigenvalue weighted by Gasteiger charge is 2.17. The van der Waals surface area contributed by atoms with Crippen LogP contribution >= 0.6 is 0 Å². The predicted octanol–water partition coefficient (Wildman–Crippen LogP) is 2.85. The van der Waals surface area contributed by atoms with Crippen LogP contribution in [-0.4, -0.2) is 38.3 Å². The van der Waals surface area contributed by atoms with Gasteiger partial charge in [-0.2, -0.15) is 8.78 Å². The third-order valence-electron chi connectivity index (χ3n) is 3.49. The van der Waals surface area contributed by atoms with Crippen molar-refractivity contribution < 1.29 is 37.3 Å². The number of carbonyl (C=O) groups excluding carboxylic acids is 2. The van der Waals surface area contributed by atoms with Gasteiger partial charge in [0.05, 0.1) is 11.3 Å². The van der Waals surface area contributed by atoms with Crippen LogP contribution in [0.25, 0.3) is 0 Å². The fourth-order valence-corrected chi connectivity index (χ4v) is 2.34. The zero-order chi connectivity index (χ0) is 19.2. The fraction of sp³-hybridized carbons (Fsp3) is 0.222. The first-order chi connectivity index (χ1) is 13.0. The van der Waals surface area contributed by atoms with Crippen LogP contribution in [0.15, 0.2) is 42.5 Å². The number of hydrogen-bond acceptors (Lipinski definition) is 6. The van der Waals surface area contributed by atoms with E-state index in [-0.39, 0.29) is 17.0 Å². The molecule has 142 valence electrons. The number of fused-ring (bicyclic) bond motifs is 1. The van der Waals surface area contributed by atoms with Gasteiger partial charge in [-0.1, -0.05) is 12.1 Å². The molecule has 0 spiro atoms. The lowest BCUT2D eigenvalue weighted by atomic mass is 10.2. The SMILES string of the molecule is O=C(COC(=O)c1ccc2c(c1)OCCO2)Nc1ccccc1OC(F)F. The molecule has 1 aliphatic heterocycles. The number of rotatable bonds is 6. The van der Waals surface area contributed by atoms with Crippen molar-refractivity contribution in [2.75, 3.05) is 25.1 Å². The molecule has 0 saturated heterocycles. The van der Waals surface area contributed by atoms with E-state index < -0.39 is 25.1 Å². The van der Waals surface area contributed by atoms with Gasteiger partial charge in [0.1, 0.15) is 19.0 Å². The fourth-order valence-electron chi connectivity index (χ4n) is 2.34. The highest BCUT2D eigenvalue weighted by molar-refractivity contribution is 5.96. The average molecular weight is 379 g/mol. The largest absolute Gasteiger partial charge is 0.486 e. The molecule has 1 aliphatic rings. The Hall–Kier alpha value is -3.36. The summed E-state index contributed by atoms with van der Waals surface area (Å²) < 4.78 is 44.7. The van der Waals surface area contributed by atoms with Gasteiger partial charge in [-0.05, 0) is 30.3 Å². The van der Waals surface area contributed by atoms with Gasteiger partial charge >= 0.3 is 12.6 Å². The number of ether oxygens (including phenoxy) is 4. The first-order valence-corrected chi connectivity index (χ1v) is 7.93. The molecule has 9 heteroatoms. The molecular formula is C18H15F2NO6. The molecule has 0 bridgehead atoms. The van der Waals surface area contributed by atoms with Gasteiger partial charge in [0, 0.05) is 0 Å². The second-order valence-corrected chi connectivity index (χ2v) is 5.36. The number of carbonyl (C=O) groups is 2. The molecule has 0 fully saturated rings. The van der Waals surface area contributed by atoms with Crippen molar-refractivity contribution in [1.82, 2.24) is 0 Å². The van der Waals surface area contributed by atoms with Crippen molar-refractivity contribution in [1.29, 1.82) is 0 Å². The van der Waals surface area contributed by atoms with E-state index in [9.17, 15) is 18.4 Å². The van der Waals surface area contributed by atoms with Crippen LogP contribution in [0.4, 0.5) is 14.5 Å². The monoisotopic (exact) mass is 379 g/mol. The van der Waals surface area contributed by atoms with E-state index in [1.54, 1.807) is 6.07 Å². The summed E-state index contributed by atoms with van der Waals surface area (Å²) in [5, 5.41) is 2.35. The Morgan fingerprint density at radius 1 is 1.07 bits per heavy atom. The van der Waals surface area contributed by atoms with E-state index in [2.05, 4.69) is 10.1 Å². The second kappa shape index (κ2) is 8.35. The molecule has 2 aromatic carbocycles. The smallest absolute Gasteiger partial charge is 0.387 e. The van der Waals surface area contributed by atoms with Gasteiger partial charge in [0.2, 0.25) is 0 Å². The highest BCUT2D eigenvalue weighted by Crippen LogP contribution is 2.31. The molecule has 0 saturated carbocycles. The molecule has 0 aromatic heterocycles. The summed E-state index contributed by atoms with van der Waals surface area (Å²) in [6.45, 7) is -2.84. The number of amides is 1. The second-order valence-electron chi connectivity index (χ2n) is 5.36. The van der Waals surface area contributed by atoms with Crippen LogP contribution in [-0.2, 0) is 9.53 Å². The molecule has 27 heavy (non-hydrogen) atoms. The summed E-state index contributed by atoms with van der Waals surface area (Å²) in [6, 6.07) is 10.2. The Bertz CT molecular complexity index is 842. The summed E-state index contributed by atoms with van der Waals surface area (Å²) in [4.78, 5) is 24.0. The van der Waals surface area contributed by atoms with Crippen LogP contribution < -0.4 is 19.5 Å². The number of nitrogens with one attached hydrogen (secondary N) is 1. The maximum absolute atomic E-state index is 12.4. The highest BCUT2D eigenvalue weighted by atomic mass is 19.3. The van der Waals surface area contributed by atoms with E-state index in [4.69, 9.17) is 14.2 Å². The quantitative estimate of drug-likeness (QED) is 0.777. The van der Waals surface area contributed by atoms with Crippen molar-refractivity contribution in [3.05, 3.63) is 48.0 Å². The van der Waals surface area contributed by atoms with Crippen molar-refractivity contribution >= 4 is 17.6 Å². The van der Waals surface area contributed by atoms with Crippen LogP contribution in [0.3, 0.4) is 0 Å². The van der Waals surface area contributed by atoms with E-state index >= 15 is 0 Å². The van der Waals surface area contributed by atoms with Crippen LogP contribution in [0.2, 0.25) is 0 Å². The Morgan fingerprint density at radius 2 is 1.81 bits per heavy atom. The number of alkyl halides is 2. The summed E-state index contributed by atoms with van der Waals surface area (Å²) in [5.41, 5.74) is 0.228. The van der Waals surface area contributed by atoms with Crippen molar-refractivity contribution in [2.45, 2.75) is 6.61 Å². The minimum atomic E-state index is -3.03. The lowest BCUT2D eigenvalue weighted by Gasteiger charge is -2.18. The Morgan fingerprint density at radius 3 is 2.59 bits per heavy atom. The standard InChI is InChI=1S/C18H15F2NO6/c19-18(20)27-13-4-2-1-3-12(13)21-16(22)10-26-17(23)11-5-6-14-15(9-11)25-8-7-24-14/h1-6,9,18H,7-8,10H2,(H,21,22). The third-order valence-corrected chi connectivity index (χ3v) is 3.49. The molecule has 2 aromatic rings. The van der Waals surface area contributed by atoms with Gasteiger partial charge in [-0.3, -0.25) is 4.79 Å². The molecule has 1 amide bonds.